The number of halogens is 1. The van der Waals surface area contributed by atoms with Crippen LogP contribution in [0.25, 0.3) is 0 Å². The standard InChI is InChI=1S/C22H19BrN2O5S2/c1-7(21(28)29)25-19(26)14-10-6-11(15(14)20(25)27)16-13(10)12(8-2-4-9(23)5-3-8)17-18(31-16)24-22(30)32-17/h2-5,7,10-16H,6H2,1H3,(H,24,30)(H,28,29)/t7-,10+,11-,12-,13-,14-,15-,16+/m0/s1. The predicted molar refractivity (Wildman–Crippen MR) is 122 cm³/mol. The lowest BCUT2D eigenvalue weighted by atomic mass is 9.68. The van der Waals surface area contributed by atoms with E-state index in [0.29, 0.717) is 0 Å². The number of carboxylic acid groups (broad SMARTS) is 1. The first-order chi connectivity index (χ1) is 15.3. The second kappa shape index (κ2) is 7.04. The minimum Gasteiger partial charge on any atom is -0.480 e. The summed E-state index contributed by atoms with van der Waals surface area (Å²) in [6.45, 7) is 1.40. The number of thioether (sulfide) groups is 1. The van der Waals surface area contributed by atoms with Gasteiger partial charge in [-0.05, 0) is 48.8 Å². The molecule has 2 N–H and O–H groups in total. The number of hydrogen-bond donors (Lipinski definition) is 2. The number of carbonyl (C=O) groups excluding carboxylic acids is 2. The Kier molecular flexibility index (Phi) is 4.55. The van der Waals surface area contributed by atoms with Crippen molar-refractivity contribution in [1.82, 2.24) is 9.88 Å². The van der Waals surface area contributed by atoms with Gasteiger partial charge in [0, 0.05) is 20.5 Å². The number of rotatable bonds is 3. The average Bonchev–Trinajstić information content (AvgIpc) is 3.47. The summed E-state index contributed by atoms with van der Waals surface area (Å²) in [5.74, 6) is -2.70. The van der Waals surface area contributed by atoms with Crippen molar-refractivity contribution in [3.63, 3.8) is 0 Å². The number of imide groups is 1. The molecule has 2 bridgehead atoms. The van der Waals surface area contributed by atoms with E-state index >= 15 is 0 Å². The second-order valence-electron chi connectivity index (χ2n) is 9.07. The number of aliphatic carboxylic acids is 1. The Bertz CT molecular complexity index is 1220. The highest BCUT2D eigenvalue weighted by molar-refractivity contribution is 9.10. The Hall–Kier alpha value is -1.91. The maximum atomic E-state index is 13.3. The number of hydrogen-bond acceptors (Lipinski definition) is 6. The summed E-state index contributed by atoms with van der Waals surface area (Å²) >= 11 is 6.34. The molecule has 166 valence electrons. The number of carboxylic acids is 1. The minimum atomic E-state index is -1.17. The Morgan fingerprint density at radius 2 is 1.81 bits per heavy atom. The van der Waals surface area contributed by atoms with E-state index in [4.69, 9.17) is 0 Å². The van der Waals surface area contributed by atoms with Crippen molar-refractivity contribution >= 4 is 56.8 Å². The predicted octanol–water partition coefficient (Wildman–Crippen LogP) is 3.15. The van der Waals surface area contributed by atoms with Crippen molar-refractivity contribution in [2.75, 3.05) is 0 Å². The van der Waals surface area contributed by atoms with E-state index in [9.17, 15) is 24.3 Å². The van der Waals surface area contributed by atoms with Gasteiger partial charge in [-0.3, -0.25) is 19.3 Å². The van der Waals surface area contributed by atoms with E-state index in [-0.39, 0.29) is 45.6 Å². The van der Waals surface area contributed by atoms with Crippen LogP contribution in [0.15, 0.2) is 38.6 Å². The zero-order valence-corrected chi connectivity index (χ0v) is 20.1. The van der Waals surface area contributed by atoms with Gasteiger partial charge in [0.15, 0.2) is 0 Å². The maximum Gasteiger partial charge on any atom is 0.326 e. The highest BCUT2D eigenvalue weighted by Crippen LogP contribution is 2.68. The molecule has 1 aromatic carbocycles. The fraction of sp³-hybridized carbons (Fsp3) is 0.455. The third-order valence-electron chi connectivity index (χ3n) is 7.73. The molecule has 0 radical (unpaired) electrons. The first kappa shape index (κ1) is 20.7. The van der Waals surface area contributed by atoms with Gasteiger partial charge < -0.3 is 10.1 Å². The maximum absolute atomic E-state index is 13.3. The monoisotopic (exact) mass is 534 g/mol. The van der Waals surface area contributed by atoms with E-state index < -0.39 is 23.8 Å². The summed E-state index contributed by atoms with van der Waals surface area (Å²) < 4.78 is 0.966. The number of carbonyl (C=O) groups is 3. The summed E-state index contributed by atoms with van der Waals surface area (Å²) in [7, 11) is 0. The van der Waals surface area contributed by atoms with Gasteiger partial charge in [0.05, 0.1) is 16.9 Å². The van der Waals surface area contributed by atoms with Crippen molar-refractivity contribution in [1.29, 1.82) is 0 Å². The molecule has 0 spiro atoms. The Morgan fingerprint density at radius 3 is 2.47 bits per heavy atom. The second-order valence-corrected chi connectivity index (χ2v) is 12.2. The Morgan fingerprint density at radius 1 is 1.16 bits per heavy atom. The summed E-state index contributed by atoms with van der Waals surface area (Å²) in [4.78, 5) is 55.2. The lowest BCUT2D eigenvalue weighted by Crippen LogP contribution is -2.44. The first-order valence-corrected chi connectivity index (χ1v) is 13.0. The quantitative estimate of drug-likeness (QED) is 0.585. The van der Waals surface area contributed by atoms with Gasteiger partial charge in [-0.1, -0.05) is 39.4 Å². The van der Waals surface area contributed by atoms with Crippen molar-refractivity contribution in [2.24, 2.45) is 29.6 Å². The molecule has 6 rings (SSSR count). The van der Waals surface area contributed by atoms with Gasteiger partial charge in [-0.2, -0.15) is 0 Å². The molecule has 32 heavy (non-hydrogen) atoms. The van der Waals surface area contributed by atoms with Gasteiger partial charge in [0.2, 0.25) is 11.8 Å². The van der Waals surface area contributed by atoms with Crippen LogP contribution in [0.5, 0.6) is 0 Å². The highest BCUT2D eigenvalue weighted by Gasteiger charge is 2.70. The van der Waals surface area contributed by atoms with Gasteiger partial charge in [-0.25, -0.2) is 4.79 Å². The summed E-state index contributed by atoms with van der Waals surface area (Å²) in [5, 5.41) is 10.4. The number of thiazole rings is 1. The molecule has 2 aliphatic heterocycles. The van der Waals surface area contributed by atoms with Crippen molar-refractivity contribution in [3.8, 4) is 0 Å². The summed E-state index contributed by atoms with van der Waals surface area (Å²) in [6, 6.07) is 6.92. The van der Waals surface area contributed by atoms with Crippen LogP contribution in [-0.2, 0) is 14.4 Å². The van der Waals surface area contributed by atoms with Crippen LogP contribution in [0.2, 0.25) is 0 Å². The van der Waals surface area contributed by atoms with Crippen LogP contribution in [0.1, 0.15) is 29.7 Å². The molecular formula is C22H19BrN2O5S2. The molecule has 0 unspecified atom stereocenters. The molecule has 8 atom stereocenters. The number of nitrogens with one attached hydrogen (secondary N) is 1. The molecule has 2 aliphatic carbocycles. The van der Waals surface area contributed by atoms with Crippen LogP contribution < -0.4 is 4.87 Å². The lowest BCUT2D eigenvalue weighted by Gasteiger charge is -2.43. The number of benzene rings is 1. The summed E-state index contributed by atoms with van der Waals surface area (Å²) in [5.41, 5.74) is 1.09. The number of aromatic nitrogens is 1. The SMILES string of the molecule is C[C@@H](C(=O)O)N1C(=O)[C@H]2[C@@H]3C[C@@H]([C@@H]2C1=O)[C@H]1[C@H](c2ccc(Br)cc2)c2sc(=O)[nH]c2S[C@H]31. The first-order valence-electron chi connectivity index (χ1n) is 10.5. The molecule has 7 nitrogen and oxygen atoms in total. The van der Waals surface area contributed by atoms with Crippen LogP contribution in [0.3, 0.4) is 0 Å². The lowest BCUT2D eigenvalue weighted by molar-refractivity contribution is -0.154. The Labute approximate surface area is 199 Å². The van der Waals surface area contributed by atoms with E-state index in [1.54, 1.807) is 11.8 Å². The van der Waals surface area contributed by atoms with Crippen molar-refractivity contribution < 1.29 is 19.5 Å². The fourth-order valence-corrected chi connectivity index (χ4v) is 9.73. The van der Waals surface area contributed by atoms with Gasteiger partial charge in [0.25, 0.3) is 0 Å². The molecule has 3 heterocycles. The molecule has 1 aromatic heterocycles. The molecule has 2 saturated carbocycles. The number of H-pyrrole nitrogens is 1. The minimum absolute atomic E-state index is 0.00283. The smallest absolute Gasteiger partial charge is 0.326 e. The molecule has 2 aromatic rings. The topological polar surface area (TPSA) is 108 Å². The van der Waals surface area contributed by atoms with Crippen LogP contribution >= 0.6 is 39.0 Å². The van der Waals surface area contributed by atoms with Crippen molar-refractivity contribution in [2.45, 2.75) is 35.6 Å². The zero-order valence-electron chi connectivity index (χ0n) is 16.9. The van der Waals surface area contributed by atoms with Crippen LogP contribution in [0, 0.1) is 29.6 Å². The normalized spacial score (nSPS) is 35.6. The highest BCUT2D eigenvalue weighted by atomic mass is 79.9. The van der Waals surface area contributed by atoms with Crippen LogP contribution in [0.4, 0.5) is 0 Å². The van der Waals surface area contributed by atoms with Crippen LogP contribution in [-0.4, -0.2) is 44.1 Å². The third kappa shape index (κ3) is 2.66. The largest absolute Gasteiger partial charge is 0.480 e. The van der Waals surface area contributed by atoms with Gasteiger partial charge in [0.1, 0.15) is 6.04 Å². The molecule has 2 amide bonds. The number of likely N-dealkylation sites (tertiary alicyclic amines) is 1. The molecule has 1 saturated heterocycles. The number of fused-ring (bicyclic) bond motifs is 9. The van der Waals surface area contributed by atoms with E-state index in [2.05, 4.69) is 33.0 Å². The fourth-order valence-electron chi connectivity index (χ4n) is 6.58. The van der Waals surface area contributed by atoms with Gasteiger partial charge >= 0.3 is 10.8 Å². The number of nitrogens with zero attached hydrogens (tertiary/aromatic N) is 1. The number of aromatic amines is 1. The summed E-state index contributed by atoms with van der Waals surface area (Å²) in [6.07, 6.45) is 0.788. The Balaban J connectivity index is 1.45. The molecule has 3 fully saturated rings. The zero-order chi connectivity index (χ0) is 22.5. The third-order valence-corrected chi connectivity index (χ3v) is 10.8. The molecule has 10 heteroatoms. The number of amides is 2. The van der Waals surface area contributed by atoms with E-state index in [1.165, 1.54) is 18.3 Å². The van der Waals surface area contributed by atoms with Crippen molar-refractivity contribution in [3.05, 3.63) is 48.8 Å². The van der Waals surface area contributed by atoms with E-state index in [1.807, 2.05) is 12.1 Å². The van der Waals surface area contributed by atoms with E-state index in [0.717, 1.165) is 31.3 Å². The average molecular weight is 535 g/mol. The molecular weight excluding hydrogens is 516 g/mol. The molecule has 4 aliphatic rings. The van der Waals surface area contributed by atoms with Gasteiger partial charge in [-0.15, -0.1) is 11.8 Å².